The number of nitrogens with zero attached hydrogens (tertiary/aromatic N) is 5. The van der Waals surface area contributed by atoms with E-state index >= 15 is 0 Å². The zero-order valence-electron chi connectivity index (χ0n) is 13.3. The third-order valence-electron chi connectivity index (χ3n) is 3.35. The largest absolute Gasteiger partial charge is 0.383 e. The Bertz CT molecular complexity index is 881. The maximum absolute atomic E-state index is 11.9. The minimum atomic E-state index is -0.0606. The van der Waals surface area contributed by atoms with Crippen molar-refractivity contribution in [2.24, 2.45) is 0 Å². The lowest BCUT2D eigenvalue weighted by atomic mass is 10.1. The maximum Gasteiger partial charge on any atom is 0.253 e. The Kier molecular flexibility index (Phi) is 3.89. The van der Waals surface area contributed by atoms with Crippen LogP contribution in [0.15, 0.2) is 42.7 Å². The molecule has 0 bridgehead atoms. The van der Waals surface area contributed by atoms with Gasteiger partial charge in [-0.1, -0.05) is 30.3 Å². The number of hydrogen-bond acceptors (Lipinski definition) is 5. The first-order chi connectivity index (χ1) is 11.1. The van der Waals surface area contributed by atoms with Gasteiger partial charge < -0.3 is 4.90 Å². The van der Waals surface area contributed by atoms with E-state index in [1.165, 1.54) is 6.92 Å². The van der Waals surface area contributed by atoms with E-state index in [1.807, 2.05) is 61.6 Å². The summed E-state index contributed by atoms with van der Waals surface area (Å²) in [6, 6.07) is 9.69. The van der Waals surface area contributed by atoms with E-state index in [0.29, 0.717) is 22.9 Å². The van der Waals surface area contributed by atoms with E-state index in [1.54, 1.807) is 10.7 Å². The third-order valence-corrected chi connectivity index (χ3v) is 3.35. The highest BCUT2D eigenvalue weighted by Gasteiger charge is 2.14. The number of rotatable bonds is 4. The second-order valence-electron chi connectivity index (χ2n) is 5.41. The van der Waals surface area contributed by atoms with Gasteiger partial charge in [0.1, 0.15) is 0 Å². The van der Waals surface area contributed by atoms with Gasteiger partial charge >= 0.3 is 0 Å². The van der Waals surface area contributed by atoms with Crippen LogP contribution in [0, 0.1) is 0 Å². The van der Waals surface area contributed by atoms with Gasteiger partial charge in [0.25, 0.3) is 5.78 Å². The number of carbonyl (C=O) groups excluding carboxylic acids is 1. The molecule has 6 heteroatoms. The Morgan fingerprint density at radius 1 is 1.22 bits per heavy atom. The second-order valence-corrected chi connectivity index (χ2v) is 5.41. The predicted molar refractivity (Wildman–Crippen MR) is 88.9 cm³/mol. The quantitative estimate of drug-likeness (QED) is 0.693. The molecule has 0 aliphatic heterocycles. The molecule has 116 valence electrons. The summed E-state index contributed by atoms with van der Waals surface area (Å²) >= 11 is 0. The zero-order valence-corrected chi connectivity index (χ0v) is 13.3. The fourth-order valence-corrected chi connectivity index (χ4v) is 2.21. The molecule has 2 aromatic heterocycles. The fourth-order valence-electron chi connectivity index (χ4n) is 2.21. The number of Topliss-reactive ketones (excluding diaryl/α,β-unsaturated/α-hetero) is 1. The monoisotopic (exact) mass is 307 g/mol. The summed E-state index contributed by atoms with van der Waals surface area (Å²) < 4.78 is 1.61. The number of aromatic nitrogens is 4. The van der Waals surface area contributed by atoms with E-state index in [9.17, 15) is 4.79 Å². The van der Waals surface area contributed by atoms with Crippen molar-refractivity contribution in [2.45, 2.75) is 6.92 Å². The van der Waals surface area contributed by atoms with E-state index < -0.39 is 0 Å². The zero-order chi connectivity index (χ0) is 16.4. The van der Waals surface area contributed by atoms with Gasteiger partial charge in [-0.25, -0.2) is 4.98 Å². The average Bonchev–Trinajstić information content (AvgIpc) is 2.97. The molecule has 0 N–H and O–H groups in total. The third kappa shape index (κ3) is 2.96. The van der Waals surface area contributed by atoms with E-state index in [-0.39, 0.29) is 5.78 Å². The molecule has 0 aliphatic rings. The van der Waals surface area contributed by atoms with Gasteiger partial charge in [-0.05, 0) is 13.0 Å². The highest BCUT2D eigenvalue weighted by molar-refractivity contribution is 5.97. The average molecular weight is 307 g/mol. The Hall–Kier alpha value is -3.02. The van der Waals surface area contributed by atoms with Crippen LogP contribution in [0.3, 0.4) is 0 Å². The Labute approximate surface area is 134 Å². The van der Waals surface area contributed by atoms with Crippen molar-refractivity contribution in [3.8, 4) is 11.4 Å². The van der Waals surface area contributed by atoms with E-state index in [0.717, 1.165) is 5.56 Å². The first-order valence-electron chi connectivity index (χ1n) is 7.23. The highest BCUT2D eigenvalue weighted by atomic mass is 16.1. The molecular formula is C17H17N5O. The lowest BCUT2D eigenvalue weighted by Gasteiger charge is -2.06. The molecular weight excluding hydrogens is 290 g/mol. The standard InChI is InChI=1S/C17H17N5O/c1-12(23)14-11-18-17-19-16(13-7-5-4-6-8-13)20-22(17)15(14)9-10-21(2)3/h4-11H,1-3H3. The minimum Gasteiger partial charge on any atom is -0.383 e. The summed E-state index contributed by atoms with van der Waals surface area (Å²) in [5.74, 6) is 0.986. The molecule has 23 heavy (non-hydrogen) atoms. The molecule has 2 heterocycles. The fraction of sp³-hybridized carbons (Fsp3) is 0.176. The van der Waals surface area contributed by atoms with Crippen LogP contribution in [-0.2, 0) is 0 Å². The smallest absolute Gasteiger partial charge is 0.253 e. The first-order valence-corrected chi connectivity index (χ1v) is 7.23. The van der Waals surface area contributed by atoms with Crippen LogP contribution in [0.4, 0.5) is 0 Å². The molecule has 6 nitrogen and oxygen atoms in total. The summed E-state index contributed by atoms with van der Waals surface area (Å²) in [4.78, 5) is 22.5. The van der Waals surface area contributed by atoms with Gasteiger partial charge in [0.05, 0.1) is 11.3 Å². The second kappa shape index (κ2) is 6.00. The molecule has 0 saturated heterocycles. The number of ketones is 1. The van der Waals surface area contributed by atoms with Crippen LogP contribution >= 0.6 is 0 Å². The van der Waals surface area contributed by atoms with Crippen LogP contribution in [0.25, 0.3) is 23.2 Å². The van der Waals surface area contributed by atoms with Crippen molar-refractivity contribution in [1.82, 2.24) is 24.5 Å². The summed E-state index contributed by atoms with van der Waals surface area (Å²) in [6.07, 6.45) is 5.26. The van der Waals surface area contributed by atoms with Crippen molar-refractivity contribution in [3.05, 3.63) is 54.0 Å². The van der Waals surface area contributed by atoms with Gasteiger partial charge in [0, 0.05) is 32.1 Å². The van der Waals surface area contributed by atoms with Crippen LogP contribution in [-0.4, -0.2) is 44.4 Å². The summed E-state index contributed by atoms with van der Waals surface area (Å²) in [5.41, 5.74) is 2.09. The Morgan fingerprint density at radius 2 is 1.96 bits per heavy atom. The lowest BCUT2D eigenvalue weighted by molar-refractivity contribution is 0.101. The SMILES string of the molecule is CC(=O)c1cnc2nc(-c3ccccc3)nn2c1C=CN(C)C. The van der Waals surface area contributed by atoms with Crippen LogP contribution in [0.2, 0.25) is 0 Å². The van der Waals surface area contributed by atoms with Crippen molar-refractivity contribution in [3.63, 3.8) is 0 Å². The number of carbonyl (C=O) groups is 1. The van der Waals surface area contributed by atoms with Gasteiger partial charge in [-0.2, -0.15) is 9.50 Å². The van der Waals surface area contributed by atoms with Gasteiger partial charge in [0.2, 0.25) is 0 Å². The van der Waals surface area contributed by atoms with Crippen molar-refractivity contribution in [1.29, 1.82) is 0 Å². The Balaban J connectivity index is 2.21. The van der Waals surface area contributed by atoms with Gasteiger partial charge in [-0.3, -0.25) is 4.79 Å². The van der Waals surface area contributed by atoms with Gasteiger partial charge in [0.15, 0.2) is 11.6 Å². The van der Waals surface area contributed by atoms with E-state index in [2.05, 4.69) is 15.1 Å². The van der Waals surface area contributed by atoms with Crippen molar-refractivity contribution in [2.75, 3.05) is 14.1 Å². The summed E-state index contributed by atoms with van der Waals surface area (Å²) in [5, 5.41) is 4.52. The molecule has 3 rings (SSSR count). The predicted octanol–water partition coefficient (Wildman–Crippen LogP) is 2.53. The van der Waals surface area contributed by atoms with E-state index in [4.69, 9.17) is 0 Å². The maximum atomic E-state index is 11.9. The molecule has 1 aromatic carbocycles. The van der Waals surface area contributed by atoms with Crippen molar-refractivity contribution >= 4 is 17.6 Å². The molecule has 0 atom stereocenters. The summed E-state index contributed by atoms with van der Waals surface area (Å²) in [7, 11) is 3.83. The molecule has 0 radical (unpaired) electrons. The Morgan fingerprint density at radius 3 is 2.61 bits per heavy atom. The minimum absolute atomic E-state index is 0.0606. The molecule has 0 saturated carbocycles. The molecule has 0 amide bonds. The highest BCUT2D eigenvalue weighted by Crippen LogP contribution is 2.18. The molecule has 3 aromatic rings. The normalized spacial score (nSPS) is 11.3. The number of hydrogen-bond donors (Lipinski definition) is 0. The lowest BCUT2D eigenvalue weighted by Crippen LogP contribution is -2.07. The van der Waals surface area contributed by atoms with Crippen LogP contribution in [0.1, 0.15) is 23.0 Å². The van der Waals surface area contributed by atoms with Crippen LogP contribution in [0.5, 0.6) is 0 Å². The summed E-state index contributed by atoms with van der Waals surface area (Å²) in [6.45, 7) is 1.52. The number of fused-ring (bicyclic) bond motifs is 1. The molecule has 0 unspecified atom stereocenters. The van der Waals surface area contributed by atoms with Crippen LogP contribution < -0.4 is 0 Å². The molecule has 0 fully saturated rings. The first kappa shape index (κ1) is 14.9. The molecule has 0 aliphatic carbocycles. The van der Waals surface area contributed by atoms with Crippen molar-refractivity contribution < 1.29 is 4.79 Å². The molecule has 0 spiro atoms. The topological polar surface area (TPSA) is 63.4 Å². The van der Waals surface area contributed by atoms with Gasteiger partial charge in [-0.15, -0.1) is 5.10 Å². The number of benzene rings is 1.